The molecule has 0 N–H and O–H groups in total. The summed E-state index contributed by atoms with van der Waals surface area (Å²) in [5.74, 6) is -0.165. The van der Waals surface area contributed by atoms with E-state index in [0.717, 1.165) is 0 Å². The van der Waals surface area contributed by atoms with Crippen LogP contribution in [0, 0.1) is 11.3 Å². The Hall–Kier alpha value is -2.48. The minimum atomic E-state index is -3.80. The molecule has 0 aromatic heterocycles. The molecule has 2 amide bonds. The Morgan fingerprint density at radius 3 is 2.23 bits per heavy atom. The summed E-state index contributed by atoms with van der Waals surface area (Å²) in [5.41, 5.74) is 0.107. The largest absolute Gasteiger partial charge is 0.342 e. The van der Waals surface area contributed by atoms with Crippen LogP contribution in [-0.2, 0) is 19.6 Å². The van der Waals surface area contributed by atoms with Gasteiger partial charge in [0.05, 0.1) is 23.5 Å². The smallest absolute Gasteiger partial charge is 0.244 e. The molecule has 30 heavy (non-hydrogen) atoms. The van der Waals surface area contributed by atoms with Crippen molar-refractivity contribution in [1.82, 2.24) is 19.0 Å². The van der Waals surface area contributed by atoms with Gasteiger partial charge in [0.1, 0.15) is 6.07 Å². The maximum absolute atomic E-state index is 12.9. The van der Waals surface area contributed by atoms with Crippen molar-refractivity contribution in [2.24, 2.45) is 0 Å². The number of likely N-dealkylation sites (N-methyl/N-ethyl adjacent to an activating group) is 2. The molecule has 0 spiro atoms. The van der Waals surface area contributed by atoms with Gasteiger partial charge in [-0.3, -0.25) is 14.5 Å². The molecule has 0 atom stereocenters. The van der Waals surface area contributed by atoms with Crippen LogP contribution in [0.5, 0.6) is 0 Å². The Kier molecular flexibility index (Phi) is 8.34. The molecule has 2 rings (SSSR count). The summed E-state index contributed by atoms with van der Waals surface area (Å²) in [5, 5.41) is 9.19. The van der Waals surface area contributed by atoms with Crippen LogP contribution in [0.1, 0.15) is 19.4 Å². The van der Waals surface area contributed by atoms with Crippen molar-refractivity contribution < 1.29 is 18.0 Å². The van der Waals surface area contributed by atoms with Crippen molar-refractivity contribution in [3.8, 4) is 6.07 Å². The number of hydrogen-bond donors (Lipinski definition) is 0. The Morgan fingerprint density at radius 2 is 1.67 bits per heavy atom. The van der Waals surface area contributed by atoms with E-state index in [1.165, 1.54) is 16.4 Å². The summed E-state index contributed by atoms with van der Waals surface area (Å²) in [4.78, 5) is 29.7. The first-order valence-corrected chi connectivity index (χ1v) is 11.4. The molecule has 0 aliphatic carbocycles. The van der Waals surface area contributed by atoms with Gasteiger partial charge in [-0.05, 0) is 33.0 Å². The Labute approximate surface area is 178 Å². The van der Waals surface area contributed by atoms with Gasteiger partial charge in [-0.1, -0.05) is 12.1 Å². The number of carbonyl (C=O) groups excluding carboxylic acids is 2. The average molecular weight is 436 g/mol. The maximum Gasteiger partial charge on any atom is 0.244 e. The number of carbonyl (C=O) groups is 2. The molecule has 0 unspecified atom stereocenters. The van der Waals surface area contributed by atoms with Crippen molar-refractivity contribution in [2.45, 2.75) is 18.7 Å². The molecule has 1 aromatic rings. The zero-order chi connectivity index (χ0) is 22.3. The van der Waals surface area contributed by atoms with Crippen LogP contribution in [0.25, 0.3) is 0 Å². The first kappa shape index (κ1) is 23.8. The van der Waals surface area contributed by atoms with E-state index in [4.69, 9.17) is 0 Å². The molecule has 0 bridgehead atoms. The van der Waals surface area contributed by atoms with Crippen molar-refractivity contribution in [3.05, 3.63) is 29.8 Å². The minimum Gasteiger partial charge on any atom is -0.342 e. The van der Waals surface area contributed by atoms with Gasteiger partial charge in [0.25, 0.3) is 0 Å². The minimum absolute atomic E-state index is 0.0121. The van der Waals surface area contributed by atoms with Gasteiger partial charge in [0, 0.05) is 39.3 Å². The number of nitriles is 1. The van der Waals surface area contributed by atoms with Crippen LogP contribution in [0.15, 0.2) is 29.2 Å². The molecule has 0 radical (unpaired) electrons. The van der Waals surface area contributed by atoms with Gasteiger partial charge in [-0.15, -0.1) is 0 Å². The van der Waals surface area contributed by atoms with E-state index in [2.05, 4.69) is 0 Å². The number of rotatable bonds is 8. The predicted molar refractivity (Wildman–Crippen MR) is 112 cm³/mol. The zero-order valence-corrected chi connectivity index (χ0v) is 18.6. The third-order valence-corrected chi connectivity index (χ3v) is 7.10. The van der Waals surface area contributed by atoms with Gasteiger partial charge in [0.15, 0.2) is 0 Å². The molecule has 10 heteroatoms. The number of piperazine rings is 1. The first-order chi connectivity index (χ1) is 14.2. The summed E-state index contributed by atoms with van der Waals surface area (Å²) in [6.07, 6.45) is 0. The number of amides is 2. The second-order valence-corrected chi connectivity index (χ2v) is 9.04. The van der Waals surface area contributed by atoms with E-state index < -0.39 is 10.0 Å². The number of nitrogens with zero attached hydrogens (tertiary/aromatic N) is 5. The molecular formula is C20H29N5O4S. The second-order valence-electron chi connectivity index (χ2n) is 7.13. The third-order valence-electron chi connectivity index (χ3n) is 5.14. The van der Waals surface area contributed by atoms with Crippen LogP contribution < -0.4 is 0 Å². The molecular weight excluding hydrogens is 406 g/mol. The molecule has 1 aromatic carbocycles. The van der Waals surface area contributed by atoms with E-state index in [9.17, 15) is 23.3 Å². The fourth-order valence-corrected chi connectivity index (χ4v) is 4.96. The Morgan fingerprint density at radius 1 is 1.07 bits per heavy atom. The van der Waals surface area contributed by atoms with Crippen LogP contribution in [0.2, 0.25) is 0 Å². The lowest BCUT2D eigenvalue weighted by atomic mass is 10.2. The van der Waals surface area contributed by atoms with E-state index >= 15 is 0 Å². The van der Waals surface area contributed by atoms with Crippen LogP contribution in [-0.4, -0.2) is 98.6 Å². The van der Waals surface area contributed by atoms with Crippen molar-refractivity contribution in [3.63, 3.8) is 0 Å². The summed E-state index contributed by atoms with van der Waals surface area (Å²) in [7, 11) is -2.07. The molecule has 1 saturated heterocycles. The second kappa shape index (κ2) is 10.5. The fraction of sp³-hybridized carbons (Fsp3) is 0.550. The van der Waals surface area contributed by atoms with E-state index in [0.29, 0.717) is 13.1 Å². The number of hydrogen-bond acceptors (Lipinski definition) is 6. The van der Waals surface area contributed by atoms with Crippen LogP contribution >= 0.6 is 0 Å². The van der Waals surface area contributed by atoms with Gasteiger partial charge in [-0.2, -0.15) is 9.57 Å². The Bertz CT molecular complexity index is 900. The molecule has 1 heterocycles. The summed E-state index contributed by atoms with van der Waals surface area (Å²) >= 11 is 0. The van der Waals surface area contributed by atoms with Gasteiger partial charge >= 0.3 is 0 Å². The highest BCUT2D eigenvalue weighted by atomic mass is 32.2. The lowest BCUT2D eigenvalue weighted by Gasteiger charge is -2.35. The monoisotopic (exact) mass is 435 g/mol. The van der Waals surface area contributed by atoms with E-state index in [1.54, 1.807) is 33.9 Å². The highest BCUT2D eigenvalue weighted by Gasteiger charge is 2.31. The standard InChI is InChI=1S/C20H29N5O4S/c1-4-23(5-2)19(26)15-22(3)16-20(27)24-10-12-25(13-11-24)30(28,29)18-9-7-6-8-17(18)14-21/h6-9H,4-5,10-13,15-16H2,1-3H3. The fourth-order valence-electron chi connectivity index (χ4n) is 3.39. The van der Waals surface area contributed by atoms with Crippen molar-refractivity contribution in [2.75, 3.05) is 59.4 Å². The SMILES string of the molecule is CCN(CC)C(=O)CN(C)CC(=O)N1CCN(S(=O)(=O)c2ccccc2C#N)CC1. The van der Waals surface area contributed by atoms with Crippen LogP contribution in [0.4, 0.5) is 0 Å². The molecule has 1 aliphatic rings. The van der Waals surface area contributed by atoms with E-state index in [1.807, 2.05) is 19.9 Å². The van der Waals surface area contributed by atoms with Gasteiger partial charge in [-0.25, -0.2) is 8.42 Å². The molecule has 1 aliphatic heterocycles. The Balaban J connectivity index is 1.93. The molecule has 9 nitrogen and oxygen atoms in total. The lowest BCUT2D eigenvalue weighted by Crippen LogP contribution is -2.52. The molecule has 164 valence electrons. The quantitative estimate of drug-likeness (QED) is 0.577. The summed E-state index contributed by atoms with van der Waals surface area (Å²) in [6, 6.07) is 8.02. The zero-order valence-electron chi connectivity index (χ0n) is 17.7. The lowest BCUT2D eigenvalue weighted by molar-refractivity contribution is -0.135. The first-order valence-electron chi connectivity index (χ1n) is 9.97. The third kappa shape index (κ3) is 5.56. The normalized spacial score (nSPS) is 15.1. The topological polar surface area (TPSA) is 105 Å². The van der Waals surface area contributed by atoms with Gasteiger partial charge in [0.2, 0.25) is 21.8 Å². The highest BCUT2D eigenvalue weighted by Crippen LogP contribution is 2.21. The van der Waals surface area contributed by atoms with E-state index in [-0.39, 0.29) is 61.5 Å². The highest BCUT2D eigenvalue weighted by molar-refractivity contribution is 7.89. The molecule has 0 saturated carbocycles. The maximum atomic E-state index is 12.9. The van der Waals surface area contributed by atoms with Crippen molar-refractivity contribution in [1.29, 1.82) is 5.26 Å². The molecule has 1 fully saturated rings. The van der Waals surface area contributed by atoms with Gasteiger partial charge < -0.3 is 9.80 Å². The predicted octanol–water partition coefficient (Wildman–Crippen LogP) is 0.191. The average Bonchev–Trinajstić information content (AvgIpc) is 2.74. The number of benzene rings is 1. The summed E-state index contributed by atoms with van der Waals surface area (Å²) < 4.78 is 27.1. The summed E-state index contributed by atoms with van der Waals surface area (Å²) in [6.45, 7) is 6.19. The van der Waals surface area contributed by atoms with Crippen LogP contribution in [0.3, 0.4) is 0 Å². The van der Waals surface area contributed by atoms with Crippen molar-refractivity contribution >= 4 is 21.8 Å². The number of sulfonamides is 1.